The SMILES string of the molecule is Cc1cc(OC(=O)C(NC(=O)OC(C)(C)C)c2ccccc2)c2c(C)c(C)c(=O)oc2c1. The molecule has 0 aliphatic carbocycles. The molecule has 0 fully saturated rings. The van der Waals surface area contributed by atoms with E-state index in [2.05, 4.69) is 5.32 Å². The largest absolute Gasteiger partial charge is 0.444 e. The summed E-state index contributed by atoms with van der Waals surface area (Å²) in [6, 6.07) is 11.1. The van der Waals surface area contributed by atoms with E-state index in [1.54, 1.807) is 77.9 Å². The number of hydrogen-bond acceptors (Lipinski definition) is 6. The van der Waals surface area contributed by atoms with Crippen molar-refractivity contribution >= 4 is 23.0 Å². The van der Waals surface area contributed by atoms with Gasteiger partial charge in [-0.3, -0.25) is 0 Å². The first-order valence-electron chi connectivity index (χ1n) is 10.3. The van der Waals surface area contributed by atoms with Crippen molar-refractivity contribution in [2.24, 2.45) is 0 Å². The summed E-state index contributed by atoms with van der Waals surface area (Å²) >= 11 is 0. The number of rotatable bonds is 4. The van der Waals surface area contributed by atoms with Crippen molar-refractivity contribution < 1.29 is 23.5 Å². The quantitative estimate of drug-likeness (QED) is 0.355. The molecule has 0 aliphatic heterocycles. The Morgan fingerprint density at radius 1 is 1.00 bits per heavy atom. The van der Waals surface area contributed by atoms with E-state index in [1.165, 1.54) is 0 Å². The van der Waals surface area contributed by atoms with E-state index in [-0.39, 0.29) is 5.75 Å². The first-order chi connectivity index (χ1) is 15.0. The predicted molar refractivity (Wildman–Crippen MR) is 121 cm³/mol. The highest BCUT2D eigenvalue weighted by Gasteiger charge is 2.28. The van der Waals surface area contributed by atoms with Gasteiger partial charge in [-0.05, 0) is 70.4 Å². The number of aryl methyl sites for hydroxylation is 2. The zero-order chi connectivity index (χ0) is 23.6. The molecule has 0 saturated carbocycles. The molecule has 1 N–H and O–H groups in total. The molecular formula is C25H27NO6. The fourth-order valence-corrected chi connectivity index (χ4v) is 3.29. The highest BCUT2D eigenvalue weighted by molar-refractivity contribution is 5.92. The average Bonchev–Trinajstić information content (AvgIpc) is 2.69. The van der Waals surface area contributed by atoms with Crippen LogP contribution in [0.4, 0.5) is 4.79 Å². The normalized spacial score (nSPS) is 12.3. The lowest BCUT2D eigenvalue weighted by Gasteiger charge is -2.23. The van der Waals surface area contributed by atoms with Crippen LogP contribution in [0.3, 0.4) is 0 Å². The number of benzene rings is 2. The Morgan fingerprint density at radius 3 is 2.28 bits per heavy atom. The Bertz CT molecular complexity index is 1220. The lowest BCUT2D eigenvalue weighted by atomic mass is 10.0. The van der Waals surface area contributed by atoms with Crippen LogP contribution in [0, 0.1) is 20.8 Å². The molecule has 1 heterocycles. The molecule has 1 amide bonds. The van der Waals surface area contributed by atoms with Gasteiger partial charge < -0.3 is 19.2 Å². The van der Waals surface area contributed by atoms with Crippen LogP contribution in [0.5, 0.6) is 5.75 Å². The van der Waals surface area contributed by atoms with Gasteiger partial charge in [-0.1, -0.05) is 30.3 Å². The molecule has 0 spiro atoms. The van der Waals surface area contributed by atoms with Crippen LogP contribution in [0.1, 0.15) is 49.1 Å². The zero-order valence-electron chi connectivity index (χ0n) is 19.1. The Kier molecular flexibility index (Phi) is 6.39. The summed E-state index contributed by atoms with van der Waals surface area (Å²) in [6.07, 6.45) is -0.740. The second-order valence-corrected chi connectivity index (χ2v) is 8.69. The molecule has 3 rings (SSSR count). The smallest absolute Gasteiger partial charge is 0.408 e. The first kappa shape index (κ1) is 23.1. The summed E-state index contributed by atoms with van der Waals surface area (Å²) < 4.78 is 16.5. The number of amides is 1. The maximum atomic E-state index is 13.2. The van der Waals surface area contributed by atoms with Crippen molar-refractivity contribution in [2.45, 2.75) is 53.2 Å². The van der Waals surface area contributed by atoms with Crippen molar-refractivity contribution in [3.8, 4) is 5.75 Å². The summed E-state index contributed by atoms with van der Waals surface area (Å²) in [4.78, 5) is 37.8. The third-order valence-corrected chi connectivity index (χ3v) is 4.90. The van der Waals surface area contributed by atoms with Gasteiger partial charge in [-0.2, -0.15) is 0 Å². The van der Waals surface area contributed by atoms with Crippen molar-refractivity contribution in [1.82, 2.24) is 5.32 Å². The van der Waals surface area contributed by atoms with Gasteiger partial charge in [0.15, 0.2) is 6.04 Å². The number of carbonyl (C=O) groups excluding carboxylic acids is 2. The van der Waals surface area contributed by atoms with Crippen LogP contribution < -0.4 is 15.7 Å². The van der Waals surface area contributed by atoms with E-state index < -0.39 is 29.3 Å². The topological polar surface area (TPSA) is 94.8 Å². The standard InChI is InChI=1S/C25H27NO6/c1-14-12-18-20(15(2)16(3)22(27)30-18)19(13-14)31-23(28)21(17-10-8-7-9-11-17)26-24(29)32-25(4,5)6/h7-13,21H,1-6H3,(H,26,29). The molecule has 7 nitrogen and oxygen atoms in total. The molecule has 1 unspecified atom stereocenters. The molecule has 0 bridgehead atoms. The molecule has 32 heavy (non-hydrogen) atoms. The summed E-state index contributed by atoms with van der Waals surface area (Å²) in [6.45, 7) is 10.4. The second-order valence-electron chi connectivity index (χ2n) is 8.69. The molecular weight excluding hydrogens is 410 g/mol. The van der Waals surface area contributed by atoms with Gasteiger partial charge in [0.2, 0.25) is 0 Å². The minimum Gasteiger partial charge on any atom is -0.444 e. The summed E-state index contributed by atoms with van der Waals surface area (Å²) in [5.74, 6) is -0.446. The molecule has 168 valence electrons. The Balaban J connectivity index is 2.01. The van der Waals surface area contributed by atoms with Crippen LogP contribution in [0.2, 0.25) is 0 Å². The van der Waals surface area contributed by atoms with Crippen LogP contribution >= 0.6 is 0 Å². The van der Waals surface area contributed by atoms with E-state index in [9.17, 15) is 14.4 Å². The van der Waals surface area contributed by atoms with Crippen molar-refractivity contribution in [3.63, 3.8) is 0 Å². The highest BCUT2D eigenvalue weighted by atomic mass is 16.6. The number of carbonyl (C=O) groups is 2. The molecule has 1 atom stereocenters. The van der Waals surface area contributed by atoms with Crippen molar-refractivity contribution in [1.29, 1.82) is 0 Å². The number of hydrogen-bond donors (Lipinski definition) is 1. The number of ether oxygens (including phenoxy) is 2. The van der Waals surface area contributed by atoms with Gasteiger partial charge in [0, 0.05) is 5.56 Å². The molecule has 3 aromatic rings. The second kappa shape index (κ2) is 8.86. The molecule has 7 heteroatoms. The third kappa shape index (κ3) is 5.17. The molecule has 1 aromatic heterocycles. The van der Waals surface area contributed by atoms with E-state index in [0.717, 1.165) is 5.56 Å². The van der Waals surface area contributed by atoms with E-state index in [4.69, 9.17) is 13.9 Å². The van der Waals surface area contributed by atoms with E-state index >= 15 is 0 Å². The summed E-state index contributed by atoms with van der Waals surface area (Å²) in [5.41, 5.74) is 1.56. The van der Waals surface area contributed by atoms with E-state index in [0.29, 0.717) is 27.7 Å². The highest BCUT2D eigenvalue weighted by Crippen LogP contribution is 2.32. The maximum Gasteiger partial charge on any atom is 0.408 e. The van der Waals surface area contributed by atoms with Crippen LogP contribution in [-0.2, 0) is 9.53 Å². The third-order valence-electron chi connectivity index (χ3n) is 4.90. The van der Waals surface area contributed by atoms with Gasteiger partial charge >= 0.3 is 17.7 Å². The number of esters is 1. The Labute approximate surface area is 186 Å². The van der Waals surface area contributed by atoms with Crippen molar-refractivity contribution in [2.75, 3.05) is 0 Å². The minimum atomic E-state index is -1.10. The van der Waals surface area contributed by atoms with Crippen LogP contribution in [-0.4, -0.2) is 17.7 Å². The maximum absolute atomic E-state index is 13.2. The zero-order valence-corrected chi connectivity index (χ0v) is 19.1. The Hall–Kier alpha value is -3.61. The first-order valence-corrected chi connectivity index (χ1v) is 10.3. The number of fused-ring (bicyclic) bond motifs is 1. The fourth-order valence-electron chi connectivity index (χ4n) is 3.29. The van der Waals surface area contributed by atoms with E-state index in [1.807, 2.05) is 6.07 Å². The van der Waals surface area contributed by atoms with Crippen LogP contribution in [0.25, 0.3) is 11.0 Å². The molecule has 0 saturated heterocycles. The average molecular weight is 437 g/mol. The Morgan fingerprint density at radius 2 is 1.66 bits per heavy atom. The van der Waals surface area contributed by atoms with Gasteiger partial charge in [0.05, 0.1) is 5.39 Å². The fraction of sp³-hybridized carbons (Fsp3) is 0.320. The van der Waals surface area contributed by atoms with Crippen LogP contribution in [0.15, 0.2) is 51.7 Å². The van der Waals surface area contributed by atoms with Gasteiger partial charge in [0.1, 0.15) is 16.9 Å². The van der Waals surface area contributed by atoms with Gasteiger partial charge in [0.25, 0.3) is 0 Å². The lowest BCUT2D eigenvalue weighted by Crippen LogP contribution is -2.39. The summed E-state index contributed by atoms with van der Waals surface area (Å²) in [5, 5.41) is 3.13. The predicted octanol–water partition coefficient (Wildman–Crippen LogP) is 4.89. The molecule has 0 aliphatic rings. The lowest BCUT2D eigenvalue weighted by molar-refractivity contribution is -0.136. The number of nitrogens with one attached hydrogen (secondary N) is 1. The molecule has 0 radical (unpaired) electrons. The van der Waals surface area contributed by atoms with Gasteiger partial charge in [-0.25, -0.2) is 14.4 Å². The monoisotopic (exact) mass is 437 g/mol. The molecule has 2 aromatic carbocycles. The van der Waals surface area contributed by atoms with Crippen molar-refractivity contribution in [3.05, 3.63) is 75.1 Å². The van der Waals surface area contributed by atoms with Gasteiger partial charge in [-0.15, -0.1) is 0 Å². The minimum absolute atomic E-state index is 0.251. The number of alkyl carbamates (subject to hydrolysis) is 1. The summed E-state index contributed by atoms with van der Waals surface area (Å²) in [7, 11) is 0.